The van der Waals surface area contributed by atoms with Gasteiger partial charge in [-0.25, -0.2) is 5.43 Å². The van der Waals surface area contributed by atoms with Gasteiger partial charge in [-0.2, -0.15) is 5.10 Å². The second-order valence-electron chi connectivity index (χ2n) is 8.28. The van der Waals surface area contributed by atoms with Crippen LogP contribution in [0, 0.1) is 26.1 Å². The number of benzene rings is 3. The van der Waals surface area contributed by atoms with E-state index in [1.807, 2.05) is 0 Å². The molecule has 3 rings (SSSR count). The molecule has 0 aliphatic heterocycles. The Labute approximate surface area is 221 Å². The van der Waals surface area contributed by atoms with E-state index in [2.05, 4.69) is 15.8 Å². The van der Waals surface area contributed by atoms with E-state index in [1.165, 1.54) is 18.3 Å². The van der Waals surface area contributed by atoms with Crippen LogP contribution >= 0.6 is 11.6 Å². The molecule has 0 heterocycles. The molecular formula is C25H22ClN5O7. The van der Waals surface area contributed by atoms with Crippen molar-refractivity contribution in [1.29, 1.82) is 0 Å². The first-order valence-corrected chi connectivity index (χ1v) is 11.5. The summed E-state index contributed by atoms with van der Waals surface area (Å²) in [5, 5.41) is 29.3. The summed E-state index contributed by atoms with van der Waals surface area (Å²) in [6.07, 6.45) is 1.33. The molecule has 13 heteroatoms. The second-order valence-corrected chi connectivity index (χ2v) is 8.71. The molecule has 0 saturated heterocycles. The Hall–Kier alpha value is -4.84. The fraction of sp³-hybridized carbons (Fsp3) is 0.160. The third-order valence-electron chi connectivity index (χ3n) is 5.17. The van der Waals surface area contributed by atoms with Crippen molar-refractivity contribution in [3.8, 4) is 11.5 Å². The number of hydrazone groups is 1. The third kappa shape index (κ3) is 7.34. The highest BCUT2D eigenvalue weighted by atomic mass is 35.5. The van der Waals surface area contributed by atoms with Gasteiger partial charge < -0.3 is 10.1 Å². The fourth-order valence-corrected chi connectivity index (χ4v) is 3.36. The Morgan fingerprint density at radius 2 is 1.71 bits per heavy atom. The summed E-state index contributed by atoms with van der Waals surface area (Å²) in [4.78, 5) is 45.9. The highest BCUT2D eigenvalue weighted by Crippen LogP contribution is 2.34. The predicted octanol–water partition coefficient (Wildman–Crippen LogP) is 4.85. The maximum absolute atomic E-state index is 12.7. The van der Waals surface area contributed by atoms with Crippen molar-refractivity contribution in [2.45, 2.75) is 19.9 Å². The van der Waals surface area contributed by atoms with E-state index in [0.717, 1.165) is 18.2 Å². The van der Waals surface area contributed by atoms with Gasteiger partial charge in [-0.3, -0.25) is 29.8 Å². The zero-order valence-electron chi connectivity index (χ0n) is 20.2. The normalized spacial score (nSPS) is 11.7. The Balaban J connectivity index is 1.68. The van der Waals surface area contributed by atoms with E-state index in [9.17, 15) is 29.8 Å². The maximum Gasteiger partial charge on any atom is 0.318 e. The molecule has 0 saturated carbocycles. The molecule has 0 aliphatic carbocycles. The number of ether oxygens (including phenoxy) is 1. The number of non-ortho nitro benzene ring substituents is 1. The van der Waals surface area contributed by atoms with Crippen LogP contribution in [0.15, 0.2) is 71.8 Å². The molecule has 12 nitrogen and oxygen atoms in total. The minimum Gasteiger partial charge on any atom is -0.450 e. The van der Waals surface area contributed by atoms with Crippen molar-refractivity contribution in [2.24, 2.45) is 11.0 Å². The van der Waals surface area contributed by atoms with Crippen molar-refractivity contribution in [3.63, 3.8) is 0 Å². The number of carbonyl (C=O) groups excluding carboxylic acids is 2. The summed E-state index contributed by atoms with van der Waals surface area (Å²) in [6, 6.07) is 14.7. The van der Waals surface area contributed by atoms with Gasteiger partial charge in [0.1, 0.15) is 11.8 Å². The minimum atomic E-state index is -0.868. The zero-order chi connectivity index (χ0) is 27.8. The molecule has 1 atom stereocenters. The summed E-state index contributed by atoms with van der Waals surface area (Å²) in [7, 11) is 0. The number of nitrogens with one attached hydrogen (secondary N) is 2. The van der Waals surface area contributed by atoms with Crippen molar-refractivity contribution in [2.75, 3.05) is 0 Å². The fourth-order valence-electron chi connectivity index (χ4n) is 3.23. The molecular weight excluding hydrogens is 518 g/mol. The number of amides is 2. The van der Waals surface area contributed by atoms with Crippen LogP contribution in [-0.4, -0.2) is 33.9 Å². The quantitative estimate of drug-likeness (QED) is 0.211. The van der Waals surface area contributed by atoms with Gasteiger partial charge in [-0.15, -0.1) is 0 Å². The monoisotopic (exact) mass is 539 g/mol. The molecule has 0 aliphatic rings. The Kier molecular flexibility index (Phi) is 9.06. The van der Waals surface area contributed by atoms with Gasteiger partial charge in [-0.05, 0) is 53.9 Å². The molecule has 196 valence electrons. The van der Waals surface area contributed by atoms with Crippen molar-refractivity contribution < 1.29 is 24.2 Å². The van der Waals surface area contributed by atoms with Crippen LogP contribution in [-0.2, 0) is 4.79 Å². The number of halogens is 1. The molecule has 0 bridgehead atoms. The number of nitro benzene ring substituents is 2. The number of nitrogens with zero attached hydrogens (tertiary/aromatic N) is 3. The van der Waals surface area contributed by atoms with Gasteiger partial charge in [-0.1, -0.05) is 37.6 Å². The minimum absolute atomic E-state index is 0.181. The molecule has 38 heavy (non-hydrogen) atoms. The van der Waals surface area contributed by atoms with Gasteiger partial charge in [0.2, 0.25) is 5.75 Å². The second kappa shape index (κ2) is 12.4. The topological polar surface area (TPSA) is 166 Å². The lowest BCUT2D eigenvalue weighted by Crippen LogP contribution is -2.48. The molecule has 2 amide bonds. The molecule has 1 unspecified atom stereocenters. The summed E-state index contributed by atoms with van der Waals surface area (Å²) < 4.78 is 5.57. The van der Waals surface area contributed by atoms with E-state index in [1.54, 1.807) is 50.2 Å². The number of rotatable bonds is 10. The number of hydrogen-bond acceptors (Lipinski definition) is 8. The molecule has 0 radical (unpaired) electrons. The van der Waals surface area contributed by atoms with Gasteiger partial charge in [0.05, 0.1) is 22.1 Å². The van der Waals surface area contributed by atoms with Crippen molar-refractivity contribution >= 4 is 41.0 Å². The summed E-state index contributed by atoms with van der Waals surface area (Å²) >= 11 is 5.85. The van der Waals surface area contributed by atoms with Crippen LogP contribution in [0.2, 0.25) is 5.02 Å². The van der Waals surface area contributed by atoms with Crippen LogP contribution in [0.5, 0.6) is 11.5 Å². The molecule has 2 N–H and O–H groups in total. The van der Waals surface area contributed by atoms with Crippen LogP contribution in [0.25, 0.3) is 0 Å². The van der Waals surface area contributed by atoms with Gasteiger partial charge >= 0.3 is 5.69 Å². The van der Waals surface area contributed by atoms with Gasteiger partial charge in [0.15, 0.2) is 0 Å². The average molecular weight is 540 g/mol. The standard InChI is InChI=1S/C25H22ClN5O7/c1-15(2)23(28-24(32)17-6-8-18(26)9-7-17)25(33)29-27-14-16-4-3-5-20(12-16)38-22-11-10-19(30(34)35)13-21(22)31(36)37/h3-15,23H,1-2H3,(H,28,32)(H,29,33). The molecule has 0 spiro atoms. The highest BCUT2D eigenvalue weighted by Gasteiger charge is 2.25. The average Bonchev–Trinajstić information content (AvgIpc) is 2.87. The number of hydrogen-bond donors (Lipinski definition) is 2. The molecule has 3 aromatic rings. The first kappa shape index (κ1) is 27.7. The van der Waals surface area contributed by atoms with Crippen LogP contribution < -0.4 is 15.5 Å². The first-order chi connectivity index (χ1) is 18.0. The summed E-state index contributed by atoms with van der Waals surface area (Å²) in [5.41, 5.74) is 2.22. The van der Waals surface area contributed by atoms with E-state index in [4.69, 9.17) is 16.3 Å². The Morgan fingerprint density at radius 3 is 2.34 bits per heavy atom. The van der Waals surface area contributed by atoms with E-state index in [0.29, 0.717) is 16.1 Å². The highest BCUT2D eigenvalue weighted by molar-refractivity contribution is 6.30. The first-order valence-electron chi connectivity index (χ1n) is 11.1. The summed E-state index contributed by atoms with van der Waals surface area (Å²) in [6.45, 7) is 3.54. The molecule has 0 fully saturated rings. The van der Waals surface area contributed by atoms with E-state index >= 15 is 0 Å². The van der Waals surface area contributed by atoms with Gasteiger partial charge in [0, 0.05) is 16.7 Å². The lowest BCUT2D eigenvalue weighted by atomic mass is 10.0. The molecule has 3 aromatic carbocycles. The smallest absolute Gasteiger partial charge is 0.318 e. The molecule has 0 aromatic heterocycles. The Bertz CT molecular complexity index is 1390. The largest absolute Gasteiger partial charge is 0.450 e. The number of nitro groups is 2. The maximum atomic E-state index is 12.7. The van der Waals surface area contributed by atoms with Crippen molar-refractivity contribution in [3.05, 3.63) is 103 Å². The predicted molar refractivity (Wildman–Crippen MR) is 140 cm³/mol. The van der Waals surface area contributed by atoms with Crippen molar-refractivity contribution in [1.82, 2.24) is 10.7 Å². The zero-order valence-corrected chi connectivity index (χ0v) is 20.9. The van der Waals surface area contributed by atoms with Crippen LogP contribution in [0.1, 0.15) is 29.8 Å². The van der Waals surface area contributed by atoms with E-state index in [-0.39, 0.29) is 17.4 Å². The van der Waals surface area contributed by atoms with Crippen LogP contribution in [0.3, 0.4) is 0 Å². The van der Waals surface area contributed by atoms with Crippen LogP contribution in [0.4, 0.5) is 11.4 Å². The Morgan fingerprint density at radius 1 is 1.00 bits per heavy atom. The van der Waals surface area contributed by atoms with Gasteiger partial charge in [0.25, 0.3) is 17.5 Å². The summed E-state index contributed by atoms with van der Waals surface area (Å²) in [5.74, 6) is -1.19. The lowest BCUT2D eigenvalue weighted by Gasteiger charge is -2.20. The number of carbonyl (C=O) groups is 2. The van der Waals surface area contributed by atoms with E-state index < -0.39 is 39.1 Å². The lowest BCUT2D eigenvalue weighted by molar-refractivity contribution is -0.394. The SMILES string of the molecule is CC(C)C(NC(=O)c1ccc(Cl)cc1)C(=O)NN=Cc1cccc(Oc2ccc([N+](=O)[O-])cc2[N+](=O)[O-])c1. The third-order valence-corrected chi connectivity index (χ3v) is 5.42.